The molecule has 2 unspecified atom stereocenters. The van der Waals surface area contributed by atoms with Gasteiger partial charge in [0.15, 0.2) is 0 Å². The lowest BCUT2D eigenvalue weighted by Gasteiger charge is -2.15. The first kappa shape index (κ1) is 16.0. The largest absolute Gasteiger partial charge is 0.389 e. The van der Waals surface area contributed by atoms with E-state index in [1.807, 2.05) is 31.2 Å². The summed E-state index contributed by atoms with van der Waals surface area (Å²) in [5.74, 6) is -0.301. The fourth-order valence-corrected chi connectivity index (χ4v) is 1.94. The molecule has 19 heavy (non-hydrogen) atoms. The molecule has 0 fully saturated rings. The Hall–Kier alpha value is -1.10. The van der Waals surface area contributed by atoms with Gasteiger partial charge >= 0.3 is 0 Å². The van der Waals surface area contributed by atoms with Gasteiger partial charge in [-0.05, 0) is 18.1 Å². The number of hydrogen-bond donors (Lipinski definition) is 2. The Morgan fingerprint density at radius 1 is 1.47 bits per heavy atom. The number of carbonyl (C=O) groups excluding carboxylic acids is 1. The Morgan fingerprint density at radius 3 is 2.79 bits per heavy atom. The standard InChI is InChI=1S/C14H20ClNO3/c1-10(7-11-5-3-4-6-13(11)15)14(18)16-8-12(17)9-19-2/h3-6,10,12,17H,7-9H2,1-2H3,(H,16,18). The molecule has 1 amide bonds. The van der Waals surface area contributed by atoms with Crippen LogP contribution in [0.15, 0.2) is 24.3 Å². The molecular weight excluding hydrogens is 266 g/mol. The molecule has 0 bridgehead atoms. The van der Waals surface area contributed by atoms with E-state index < -0.39 is 6.10 Å². The maximum atomic E-state index is 11.9. The quantitative estimate of drug-likeness (QED) is 0.801. The monoisotopic (exact) mass is 285 g/mol. The van der Waals surface area contributed by atoms with Gasteiger partial charge in [0.2, 0.25) is 5.91 Å². The number of hydrogen-bond acceptors (Lipinski definition) is 3. The van der Waals surface area contributed by atoms with E-state index in [2.05, 4.69) is 5.32 Å². The molecule has 0 saturated heterocycles. The summed E-state index contributed by atoms with van der Waals surface area (Å²) in [6, 6.07) is 7.47. The van der Waals surface area contributed by atoms with E-state index in [-0.39, 0.29) is 25.0 Å². The number of carbonyl (C=O) groups is 1. The summed E-state index contributed by atoms with van der Waals surface area (Å²) in [5.41, 5.74) is 0.948. The normalized spacial score (nSPS) is 13.9. The number of halogens is 1. The van der Waals surface area contributed by atoms with Crippen molar-refractivity contribution in [2.24, 2.45) is 5.92 Å². The molecule has 0 aliphatic heterocycles. The van der Waals surface area contributed by atoms with Crippen molar-refractivity contribution in [1.29, 1.82) is 0 Å². The predicted molar refractivity (Wildman–Crippen MR) is 75.2 cm³/mol. The fourth-order valence-electron chi connectivity index (χ4n) is 1.73. The summed E-state index contributed by atoms with van der Waals surface area (Å²) < 4.78 is 4.79. The molecule has 0 spiro atoms. The second kappa shape index (κ2) is 8.15. The zero-order valence-electron chi connectivity index (χ0n) is 11.2. The third-order valence-electron chi connectivity index (χ3n) is 2.80. The van der Waals surface area contributed by atoms with Crippen LogP contribution < -0.4 is 5.32 Å². The Morgan fingerprint density at radius 2 is 2.16 bits per heavy atom. The van der Waals surface area contributed by atoms with E-state index in [0.717, 1.165) is 5.56 Å². The van der Waals surface area contributed by atoms with E-state index in [9.17, 15) is 9.90 Å². The van der Waals surface area contributed by atoms with Gasteiger partial charge < -0.3 is 15.2 Å². The molecule has 0 radical (unpaired) electrons. The van der Waals surface area contributed by atoms with Gasteiger partial charge in [-0.1, -0.05) is 36.7 Å². The Bertz CT molecular complexity index is 411. The number of aliphatic hydroxyl groups excluding tert-OH is 1. The molecule has 0 aliphatic carbocycles. The lowest BCUT2D eigenvalue weighted by molar-refractivity contribution is -0.125. The van der Waals surface area contributed by atoms with E-state index in [1.165, 1.54) is 7.11 Å². The summed E-state index contributed by atoms with van der Waals surface area (Å²) in [7, 11) is 1.51. The van der Waals surface area contributed by atoms with Crippen LogP contribution in [0.3, 0.4) is 0 Å². The zero-order chi connectivity index (χ0) is 14.3. The molecule has 1 rings (SSSR count). The minimum absolute atomic E-state index is 0.102. The smallest absolute Gasteiger partial charge is 0.223 e. The SMILES string of the molecule is COCC(O)CNC(=O)C(C)Cc1ccccc1Cl. The van der Waals surface area contributed by atoms with Crippen molar-refractivity contribution in [2.75, 3.05) is 20.3 Å². The molecular formula is C14H20ClNO3. The van der Waals surface area contributed by atoms with Crippen LogP contribution in [0.5, 0.6) is 0 Å². The number of amides is 1. The molecule has 106 valence electrons. The number of ether oxygens (including phenoxy) is 1. The van der Waals surface area contributed by atoms with Crippen LogP contribution in [0.25, 0.3) is 0 Å². The molecule has 5 heteroatoms. The summed E-state index contributed by atoms with van der Waals surface area (Å²) in [6.07, 6.45) is -0.104. The Kier molecular flexibility index (Phi) is 6.84. The van der Waals surface area contributed by atoms with Crippen molar-refractivity contribution in [3.63, 3.8) is 0 Å². The third kappa shape index (κ3) is 5.59. The first-order valence-corrected chi connectivity index (χ1v) is 6.60. The van der Waals surface area contributed by atoms with E-state index in [0.29, 0.717) is 11.4 Å². The summed E-state index contributed by atoms with van der Waals surface area (Å²) in [6.45, 7) is 2.24. The van der Waals surface area contributed by atoms with E-state index in [4.69, 9.17) is 16.3 Å². The van der Waals surface area contributed by atoms with Crippen molar-refractivity contribution >= 4 is 17.5 Å². The second-order valence-corrected chi connectivity index (χ2v) is 4.96. The van der Waals surface area contributed by atoms with Crippen LogP contribution >= 0.6 is 11.6 Å². The van der Waals surface area contributed by atoms with Crippen LogP contribution in [0.2, 0.25) is 5.02 Å². The van der Waals surface area contributed by atoms with E-state index in [1.54, 1.807) is 0 Å². The summed E-state index contributed by atoms with van der Waals surface area (Å²) in [5, 5.41) is 12.8. The van der Waals surface area contributed by atoms with Gasteiger partial charge in [-0.15, -0.1) is 0 Å². The van der Waals surface area contributed by atoms with Crippen LogP contribution in [-0.4, -0.2) is 37.4 Å². The lowest BCUT2D eigenvalue weighted by Crippen LogP contribution is -2.37. The van der Waals surface area contributed by atoms with Crippen molar-refractivity contribution in [3.05, 3.63) is 34.9 Å². The number of methoxy groups -OCH3 is 1. The molecule has 2 N–H and O–H groups in total. The highest BCUT2D eigenvalue weighted by molar-refractivity contribution is 6.31. The molecule has 1 aromatic rings. The number of rotatable bonds is 7. The topological polar surface area (TPSA) is 58.6 Å². The maximum absolute atomic E-state index is 11.9. The van der Waals surface area contributed by atoms with Crippen molar-refractivity contribution < 1.29 is 14.6 Å². The van der Waals surface area contributed by atoms with Crippen LogP contribution in [-0.2, 0) is 16.0 Å². The summed E-state index contributed by atoms with van der Waals surface area (Å²) >= 11 is 6.05. The van der Waals surface area contributed by atoms with Gasteiger partial charge in [-0.3, -0.25) is 4.79 Å². The third-order valence-corrected chi connectivity index (χ3v) is 3.17. The molecule has 2 atom stereocenters. The molecule has 0 aromatic heterocycles. The van der Waals surface area contributed by atoms with Crippen molar-refractivity contribution in [3.8, 4) is 0 Å². The molecule has 0 aliphatic rings. The molecule has 0 saturated carbocycles. The highest BCUT2D eigenvalue weighted by Crippen LogP contribution is 2.18. The van der Waals surface area contributed by atoms with Gasteiger partial charge in [-0.25, -0.2) is 0 Å². The zero-order valence-corrected chi connectivity index (χ0v) is 12.0. The number of nitrogens with one attached hydrogen (secondary N) is 1. The second-order valence-electron chi connectivity index (χ2n) is 4.55. The van der Waals surface area contributed by atoms with Crippen LogP contribution in [0, 0.1) is 5.92 Å². The maximum Gasteiger partial charge on any atom is 0.223 e. The Labute approximate surface area is 118 Å². The van der Waals surface area contributed by atoms with Crippen molar-refractivity contribution in [2.45, 2.75) is 19.4 Å². The number of aliphatic hydroxyl groups is 1. The number of benzene rings is 1. The van der Waals surface area contributed by atoms with Crippen LogP contribution in [0.1, 0.15) is 12.5 Å². The van der Waals surface area contributed by atoms with Gasteiger partial charge in [0, 0.05) is 24.6 Å². The predicted octanol–water partition coefficient (Wildman–Crippen LogP) is 1.64. The fraction of sp³-hybridized carbons (Fsp3) is 0.500. The van der Waals surface area contributed by atoms with Crippen molar-refractivity contribution in [1.82, 2.24) is 5.32 Å². The minimum Gasteiger partial charge on any atom is -0.389 e. The molecule has 0 heterocycles. The van der Waals surface area contributed by atoms with E-state index >= 15 is 0 Å². The first-order valence-electron chi connectivity index (χ1n) is 6.22. The lowest BCUT2D eigenvalue weighted by atomic mass is 10.0. The highest BCUT2D eigenvalue weighted by atomic mass is 35.5. The molecule has 4 nitrogen and oxygen atoms in total. The first-order chi connectivity index (χ1) is 9.04. The summed E-state index contributed by atoms with van der Waals surface area (Å²) in [4.78, 5) is 11.9. The minimum atomic E-state index is -0.679. The highest BCUT2D eigenvalue weighted by Gasteiger charge is 2.15. The average Bonchev–Trinajstić information content (AvgIpc) is 2.39. The molecule has 1 aromatic carbocycles. The van der Waals surface area contributed by atoms with Gasteiger partial charge in [-0.2, -0.15) is 0 Å². The van der Waals surface area contributed by atoms with Gasteiger partial charge in [0.25, 0.3) is 0 Å². The Balaban J connectivity index is 2.43. The average molecular weight is 286 g/mol. The van der Waals surface area contributed by atoms with Gasteiger partial charge in [0.05, 0.1) is 12.7 Å². The van der Waals surface area contributed by atoms with Gasteiger partial charge in [0.1, 0.15) is 0 Å². The van der Waals surface area contributed by atoms with Crippen LogP contribution in [0.4, 0.5) is 0 Å².